The van der Waals surface area contributed by atoms with E-state index < -0.39 is 11.9 Å². The van der Waals surface area contributed by atoms with Crippen molar-refractivity contribution in [2.75, 3.05) is 13.1 Å². The van der Waals surface area contributed by atoms with Crippen LogP contribution in [0.1, 0.15) is 22.8 Å². The van der Waals surface area contributed by atoms with E-state index in [0.29, 0.717) is 16.5 Å². The zero-order chi connectivity index (χ0) is 21.3. The van der Waals surface area contributed by atoms with Gasteiger partial charge in [0.25, 0.3) is 0 Å². The van der Waals surface area contributed by atoms with Gasteiger partial charge in [-0.3, -0.25) is 19.1 Å². The summed E-state index contributed by atoms with van der Waals surface area (Å²) < 4.78 is 6.71. The summed E-state index contributed by atoms with van der Waals surface area (Å²) in [6.07, 6.45) is 0.879. The van der Waals surface area contributed by atoms with Crippen LogP contribution in [0.15, 0.2) is 66.6 Å². The van der Waals surface area contributed by atoms with Gasteiger partial charge in [0.15, 0.2) is 5.78 Å². The molecule has 1 aliphatic heterocycles. The quantitative estimate of drug-likeness (QED) is 0.717. The average molecular weight is 404 g/mol. The van der Waals surface area contributed by atoms with Gasteiger partial charge in [0.1, 0.15) is 12.4 Å². The second kappa shape index (κ2) is 7.87. The van der Waals surface area contributed by atoms with Gasteiger partial charge in [0.2, 0.25) is 5.91 Å². The van der Waals surface area contributed by atoms with Crippen LogP contribution in [0.4, 0.5) is 4.79 Å². The van der Waals surface area contributed by atoms with Gasteiger partial charge in [-0.05, 0) is 11.6 Å². The molecule has 0 unspecified atom stereocenters. The van der Waals surface area contributed by atoms with E-state index >= 15 is 0 Å². The number of rotatable bonds is 3. The molecule has 0 radical (unpaired) electrons. The van der Waals surface area contributed by atoms with Gasteiger partial charge < -0.3 is 9.84 Å². The standard InChI is InChI=1S/C23H20N2O5/c1-15(26)25-11-18(17-9-5-6-10-19(17)25)22-20(27)12-24(13-21(22)28)23(29)30-14-16-7-3-2-4-8-16/h2-11,27H,12-14H2,1H3. The highest BCUT2D eigenvalue weighted by Crippen LogP contribution is 2.31. The summed E-state index contributed by atoms with van der Waals surface area (Å²) in [7, 11) is 0. The van der Waals surface area contributed by atoms with Crippen molar-refractivity contribution < 1.29 is 24.2 Å². The van der Waals surface area contributed by atoms with E-state index in [1.807, 2.05) is 30.3 Å². The summed E-state index contributed by atoms with van der Waals surface area (Å²) in [6.45, 7) is 1.15. The lowest BCUT2D eigenvalue weighted by atomic mass is 9.96. The Kier molecular flexibility index (Phi) is 5.10. The van der Waals surface area contributed by atoms with Gasteiger partial charge in [-0.1, -0.05) is 48.5 Å². The summed E-state index contributed by atoms with van der Waals surface area (Å²) in [5, 5.41) is 11.3. The summed E-state index contributed by atoms with van der Waals surface area (Å²) in [6, 6.07) is 16.4. The number of ether oxygens (including phenoxy) is 1. The van der Waals surface area contributed by atoms with Gasteiger partial charge in [-0.15, -0.1) is 0 Å². The second-order valence-corrected chi connectivity index (χ2v) is 7.09. The van der Waals surface area contributed by atoms with Crippen LogP contribution in [0, 0.1) is 0 Å². The van der Waals surface area contributed by atoms with Gasteiger partial charge in [-0.2, -0.15) is 0 Å². The maximum atomic E-state index is 12.9. The van der Waals surface area contributed by atoms with Crippen molar-refractivity contribution in [3.05, 3.63) is 77.7 Å². The molecule has 7 heteroatoms. The molecule has 0 saturated heterocycles. The number of aliphatic hydroxyl groups excluding tert-OH is 1. The summed E-state index contributed by atoms with van der Waals surface area (Å²) in [4.78, 5) is 38.4. The molecule has 1 N–H and O–H groups in total. The maximum Gasteiger partial charge on any atom is 0.410 e. The topological polar surface area (TPSA) is 88.8 Å². The van der Waals surface area contributed by atoms with Gasteiger partial charge >= 0.3 is 6.09 Å². The molecular formula is C23H20N2O5. The maximum absolute atomic E-state index is 12.9. The van der Waals surface area contributed by atoms with Crippen LogP contribution in [0.3, 0.4) is 0 Å². The third-order valence-electron chi connectivity index (χ3n) is 5.03. The molecule has 0 spiro atoms. The SMILES string of the molecule is CC(=O)n1cc(C2=C(O)CN(C(=O)OCc3ccccc3)CC2=O)c2ccccc21. The van der Waals surface area contributed by atoms with Crippen molar-refractivity contribution in [3.63, 3.8) is 0 Å². The smallest absolute Gasteiger partial charge is 0.410 e. The molecular weight excluding hydrogens is 384 g/mol. The Hall–Kier alpha value is -3.87. The molecule has 2 aromatic carbocycles. The highest BCUT2D eigenvalue weighted by Gasteiger charge is 2.32. The predicted molar refractivity (Wildman–Crippen MR) is 111 cm³/mol. The number of para-hydroxylation sites is 1. The van der Waals surface area contributed by atoms with E-state index in [2.05, 4.69) is 0 Å². The Morgan fingerprint density at radius 2 is 1.73 bits per heavy atom. The van der Waals surface area contributed by atoms with Crippen molar-refractivity contribution in [2.24, 2.45) is 0 Å². The first-order valence-corrected chi connectivity index (χ1v) is 9.48. The zero-order valence-electron chi connectivity index (χ0n) is 16.4. The lowest BCUT2D eigenvalue weighted by Gasteiger charge is -2.26. The fraction of sp³-hybridized carbons (Fsp3) is 0.174. The first-order valence-electron chi connectivity index (χ1n) is 9.48. The number of ketones is 1. The number of hydrogen-bond acceptors (Lipinski definition) is 5. The molecule has 30 heavy (non-hydrogen) atoms. The minimum Gasteiger partial charge on any atom is -0.510 e. The molecule has 0 atom stereocenters. The van der Waals surface area contributed by atoms with Gasteiger partial charge in [0, 0.05) is 24.1 Å². The zero-order valence-corrected chi connectivity index (χ0v) is 16.4. The molecule has 2 heterocycles. The number of amides is 1. The Labute approximate surface area is 172 Å². The third kappa shape index (κ3) is 3.57. The van der Waals surface area contributed by atoms with Gasteiger partial charge in [-0.25, -0.2) is 4.79 Å². The Morgan fingerprint density at radius 1 is 1.03 bits per heavy atom. The lowest BCUT2D eigenvalue weighted by molar-refractivity contribution is -0.115. The van der Waals surface area contributed by atoms with Crippen molar-refractivity contribution in [1.29, 1.82) is 0 Å². The molecule has 1 aromatic heterocycles. The number of nitrogens with zero attached hydrogens (tertiary/aromatic N) is 2. The molecule has 1 aliphatic rings. The highest BCUT2D eigenvalue weighted by molar-refractivity contribution is 6.26. The van der Waals surface area contributed by atoms with Crippen molar-refractivity contribution in [3.8, 4) is 0 Å². The first kappa shape index (κ1) is 19.4. The molecule has 4 rings (SSSR count). The van der Waals surface area contributed by atoms with Crippen molar-refractivity contribution >= 4 is 34.3 Å². The minimum absolute atomic E-state index is 0.0772. The number of hydrogen-bond donors (Lipinski definition) is 1. The van der Waals surface area contributed by atoms with E-state index in [9.17, 15) is 19.5 Å². The number of aromatic nitrogens is 1. The highest BCUT2D eigenvalue weighted by atomic mass is 16.6. The third-order valence-corrected chi connectivity index (χ3v) is 5.03. The lowest BCUT2D eigenvalue weighted by Crippen LogP contribution is -2.41. The molecule has 0 aliphatic carbocycles. The number of benzene rings is 2. The van der Waals surface area contributed by atoms with Crippen LogP contribution < -0.4 is 0 Å². The van der Waals surface area contributed by atoms with Crippen molar-refractivity contribution in [2.45, 2.75) is 13.5 Å². The Bertz CT molecular complexity index is 1180. The average Bonchev–Trinajstić information content (AvgIpc) is 3.12. The predicted octanol–water partition coefficient (Wildman–Crippen LogP) is 3.79. The van der Waals surface area contributed by atoms with Crippen LogP contribution in [-0.4, -0.2) is 45.4 Å². The van der Waals surface area contributed by atoms with Crippen LogP contribution in [-0.2, 0) is 16.1 Å². The second-order valence-electron chi connectivity index (χ2n) is 7.09. The monoisotopic (exact) mass is 404 g/mol. The molecule has 0 bridgehead atoms. The number of Topliss-reactive ketones (excluding diaryl/α,β-unsaturated/α-hetero) is 1. The molecule has 3 aromatic rings. The largest absolute Gasteiger partial charge is 0.510 e. The van der Waals surface area contributed by atoms with Crippen LogP contribution in [0.5, 0.6) is 0 Å². The Balaban J connectivity index is 1.60. The van der Waals surface area contributed by atoms with E-state index in [1.165, 1.54) is 11.5 Å². The van der Waals surface area contributed by atoms with Crippen LogP contribution >= 0.6 is 0 Å². The molecule has 0 fully saturated rings. The minimum atomic E-state index is -0.677. The number of carbonyl (C=O) groups is 3. The van der Waals surface area contributed by atoms with E-state index in [4.69, 9.17) is 4.74 Å². The number of fused-ring (bicyclic) bond motifs is 1. The summed E-state index contributed by atoms with van der Waals surface area (Å²) in [5.41, 5.74) is 2.07. The van der Waals surface area contributed by atoms with Crippen LogP contribution in [0.2, 0.25) is 0 Å². The van der Waals surface area contributed by atoms with E-state index in [1.54, 1.807) is 30.5 Å². The molecule has 0 saturated carbocycles. The number of aliphatic hydroxyl groups is 1. The van der Waals surface area contributed by atoms with Crippen molar-refractivity contribution in [1.82, 2.24) is 9.47 Å². The number of carbonyl (C=O) groups excluding carboxylic acids is 3. The van der Waals surface area contributed by atoms with Gasteiger partial charge in [0.05, 0.1) is 24.2 Å². The first-order chi connectivity index (χ1) is 14.5. The molecule has 152 valence electrons. The fourth-order valence-electron chi connectivity index (χ4n) is 3.61. The molecule has 1 amide bonds. The summed E-state index contributed by atoms with van der Waals surface area (Å²) in [5.74, 6) is -0.844. The van der Waals surface area contributed by atoms with E-state index in [-0.39, 0.29) is 36.9 Å². The summed E-state index contributed by atoms with van der Waals surface area (Å²) >= 11 is 0. The van der Waals surface area contributed by atoms with Crippen LogP contribution in [0.25, 0.3) is 16.5 Å². The molecule has 7 nitrogen and oxygen atoms in total. The Morgan fingerprint density at radius 3 is 2.43 bits per heavy atom. The van der Waals surface area contributed by atoms with E-state index in [0.717, 1.165) is 10.5 Å². The fourth-order valence-corrected chi connectivity index (χ4v) is 3.61. The normalized spacial score (nSPS) is 14.3.